The van der Waals surface area contributed by atoms with Crippen LogP contribution in [0.2, 0.25) is 0 Å². The number of hydrogen-bond acceptors (Lipinski definition) is 6. The van der Waals surface area contributed by atoms with Crippen LogP contribution in [0.1, 0.15) is 226 Å². The Balaban J connectivity index is 4.10. The molecule has 0 aromatic carbocycles. The number of carbonyl (C=O) groups excluding carboxylic acids is 1. The van der Waals surface area contributed by atoms with Gasteiger partial charge in [-0.1, -0.05) is 193 Å². The predicted molar refractivity (Wildman–Crippen MR) is 222 cm³/mol. The van der Waals surface area contributed by atoms with Gasteiger partial charge in [-0.05, 0) is 38.5 Å². The van der Waals surface area contributed by atoms with Crippen molar-refractivity contribution in [3.63, 3.8) is 0 Å². The minimum Gasteiger partial charge on any atom is -0.391 e. The van der Waals surface area contributed by atoms with Gasteiger partial charge in [0.2, 0.25) is 5.91 Å². The molecular weight excluding hydrogens is 671 g/mol. The van der Waals surface area contributed by atoms with E-state index < -0.39 is 20.0 Å². The van der Waals surface area contributed by atoms with Crippen LogP contribution < -0.4 is 11.1 Å². The smallest absolute Gasteiger partial charge is 0.391 e. The number of hydrogen-bond donors (Lipinski definition) is 4. The van der Waals surface area contributed by atoms with Crippen molar-refractivity contribution in [3.8, 4) is 0 Å². The summed E-state index contributed by atoms with van der Waals surface area (Å²) < 4.78 is 22.2. The summed E-state index contributed by atoms with van der Waals surface area (Å²) in [5, 5.41) is 13.8. The van der Waals surface area contributed by atoms with Gasteiger partial charge >= 0.3 is 7.82 Å². The molecule has 0 fully saturated rings. The van der Waals surface area contributed by atoms with Crippen molar-refractivity contribution < 1.29 is 28.4 Å². The Kier molecular flexibility index (Phi) is 39.3. The second-order valence-corrected chi connectivity index (χ2v) is 16.7. The number of phosphoric acid groups is 1. The quantitative estimate of drug-likeness (QED) is 0.0277. The minimum absolute atomic E-state index is 0.0893. The van der Waals surface area contributed by atoms with Gasteiger partial charge in [0.05, 0.1) is 25.4 Å². The second-order valence-electron chi connectivity index (χ2n) is 15.3. The van der Waals surface area contributed by atoms with Gasteiger partial charge in [-0.3, -0.25) is 13.8 Å². The summed E-state index contributed by atoms with van der Waals surface area (Å²) in [5.74, 6) is -0.169. The number of nitrogens with two attached hydrogens (primary N) is 1. The molecule has 0 aliphatic carbocycles. The van der Waals surface area contributed by atoms with Gasteiger partial charge < -0.3 is 21.1 Å². The molecule has 0 rings (SSSR count). The number of amides is 1. The molecule has 310 valence electrons. The fourth-order valence-corrected chi connectivity index (χ4v) is 7.48. The first-order valence-electron chi connectivity index (χ1n) is 22.3. The number of carbonyl (C=O) groups is 1. The van der Waals surface area contributed by atoms with Crippen LogP contribution in [0.3, 0.4) is 0 Å². The third-order valence-electron chi connectivity index (χ3n) is 10.1. The Hall–Kier alpha value is -0.760. The number of rotatable bonds is 42. The molecule has 0 spiro atoms. The lowest BCUT2D eigenvalue weighted by Crippen LogP contribution is -2.46. The number of nitrogens with one attached hydrogen (secondary N) is 1. The van der Waals surface area contributed by atoms with Crippen molar-refractivity contribution in [3.05, 3.63) is 12.2 Å². The summed E-state index contributed by atoms with van der Waals surface area (Å²) in [4.78, 5) is 22.7. The maximum atomic E-state index is 12.7. The zero-order valence-electron chi connectivity index (χ0n) is 34.3. The first-order valence-corrected chi connectivity index (χ1v) is 23.8. The van der Waals surface area contributed by atoms with Gasteiger partial charge in [0.25, 0.3) is 0 Å². The first kappa shape index (κ1) is 51.2. The van der Waals surface area contributed by atoms with Crippen LogP contribution in [0, 0.1) is 0 Å². The molecule has 3 unspecified atom stereocenters. The highest BCUT2D eigenvalue weighted by Gasteiger charge is 2.27. The van der Waals surface area contributed by atoms with E-state index in [-0.39, 0.29) is 25.7 Å². The van der Waals surface area contributed by atoms with E-state index in [0.717, 1.165) is 51.4 Å². The normalized spacial score (nSPS) is 14.2. The average Bonchev–Trinajstić information content (AvgIpc) is 3.13. The third-order valence-corrected chi connectivity index (χ3v) is 11.1. The number of aliphatic hydroxyl groups excluding tert-OH is 1. The third kappa shape index (κ3) is 37.6. The summed E-state index contributed by atoms with van der Waals surface area (Å²) in [7, 11) is -4.31. The van der Waals surface area contributed by atoms with Gasteiger partial charge in [0.1, 0.15) is 0 Å². The largest absolute Gasteiger partial charge is 0.472 e. The molecule has 0 heterocycles. The molecule has 0 saturated heterocycles. The number of aliphatic hydroxyl groups is 1. The van der Waals surface area contributed by atoms with Gasteiger partial charge in [-0.2, -0.15) is 0 Å². The van der Waals surface area contributed by atoms with Crippen LogP contribution in [-0.2, 0) is 18.4 Å². The van der Waals surface area contributed by atoms with Gasteiger partial charge in [0.15, 0.2) is 0 Å². The average molecular weight is 759 g/mol. The van der Waals surface area contributed by atoms with Crippen molar-refractivity contribution in [1.82, 2.24) is 5.32 Å². The highest BCUT2D eigenvalue weighted by Crippen LogP contribution is 2.43. The molecule has 0 aliphatic rings. The number of phosphoric ester groups is 1. The van der Waals surface area contributed by atoms with Crippen molar-refractivity contribution >= 4 is 13.7 Å². The molecule has 0 bridgehead atoms. The van der Waals surface area contributed by atoms with Crippen LogP contribution in [0.4, 0.5) is 0 Å². The summed E-state index contributed by atoms with van der Waals surface area (Å²) in [5.41, 5.74) is 5.38. The molecule has 0 saturated carbocycles. The fraction of sp³-hybridized carbons (Fsp3) is 0.930. The lowest BCUT2D eigenvalue weighted by atomic mass is 10.0. The SMILES string of the molecule is CCCCCC/C=C\CCCCCCCC(=O)NC(COP(=O)(O)OCCN)C(O)CCCCCCCCCCCCCCCCCCCCCC. The predicted octanol–water partition coefficient (Wildman–Crippen LogP) is 12.4. The monoisotopic (exact) mass is 759 g/mol. The topological polar surface area (TPSA) is 131 Å². The van der Waals surface area contributed by atoms with Crippen LogP contribution in [-0.4, -0.2) is 47.8 Å². The van der Waals surface area contributed by atoms with E-state index in [1.165, 1.54) is 148 Å². The lowest BCUT2D eigenvalue weighted by Gasteiger charge is -2.25. The highest BCUT2D eigenvalue weighted by atomic mass is 31.2. The van der Waals surface area contributed by atoms with E-state index in [9.17, 15) is 19.4 Å². The second kappa shape index (κ2) is 39.9. The lowest BCUT2D eigenvalue weighted by molar-refractivity contribution is -0.123. The first-order chi connectivity index (χ1) is 25.4. The molecule has 0 aromatic rings. The van der Waals surface area contributed by atoms with E-state index in [0.29, 0.717) is 12.8 Å². The molecule has 3 atom stereocenters. The number of unbranched alkanes of at least 4 members (excludes halogenated alkanes) is 28. The van der Waals surface area contributed by atoms with Crippen molar-refractivity contribution in [1.29, 1.82) is 0 Å². The van der Waals surface area contributed by atoms with E-state index >= 15 is 0 Å². The van der Waals surface area contributed by atoms with Crippen LogP contribution >= 0.6 is 7.82 Å². The highest BCUT2D eigenvalue weighted by molar-refractivity contribution is 7.47. The van der Waals surface area contributed by atoms with Crippen LogP contribution in [0.15, 0.2) is 12.2 Å². The van der Waals surface area contributed by atoms with E-state index in [2.05, 4.69) is 31.3 Å². The van der Waals surface area contributed by atoms with Gasteiger partial charge in [-0.25, -0.2) is 4.57 Å². The van der Waals surface area contributed by atoms with Gasteiger partial charge in [0, 0.05) is 13.0 Å². The van der Waals surface area contributed by atoms with Crippen molar-refractivity contribution in [2.75, 3.05) is 19.8 Å². The summed E-state index contributed by atoms with van der Waals surface area (Å²) in [6.07, 6.45) is 43.6. The van der Waals surface area contributed by atoms with E-state index in [1.54, 1.807) is 0 Å². The molecule has 5 N–H and O–H groups in total. The van der Waals surface area contributed by atoms with E-state index in [4.69, 9.17) is 14.8 Å². The standard InChI is InChI=1S/C43H87N2O6P/c1-3-5-7-9-11-13-15-17-18-19-20-21-22-23-25-26-28-30-32-34-36-42(46)41(40-51-52(48,49)50-39-38-44)45-43(47)37-35-33-31-29-27-24-16-14-12-10-8-6-4-2/h14,16,41-42,46H,3-13,15,17-40,44H2,1-2H3,(H,45,47)(H,48,49)/b16-14-. The molecule has 0 aliphatic heterocycles. The maximum absolute atomic E-state index is 12.7. The Bertz CT molecular complexity index is 829. The Morgan fingerprint density at radius 2 is 1.00 bits per heavy atom. The molecule has 9 heteroatoms. The maximum Gasteiger partial charge on any atom is 0.472 e. The zero-order valence-corrected chi connectivity index (χ0v) is 35.2. The summed E-state index contributed by atoms with van der Waals surface area (Å²) >= 11 is 0. The van der Waals surface area contributed by atoms with Crippen molar-refractivity contribution in [2.24, 2.45) is 5.73 Å². The zero-order chi connectivity index (χ0) is 38.2. The summed E-state index contributed by atoms with van der Waals surface area (Å²) in [6, 6.07) is -0.775. The van der Waals surface area contributed by atoms with Crippen LogP contribution in [0.25, 0.3) is 0 Å². The Morgan fingerprint density at radius 1 is 0.615 bits per heavy atom. The van der Waals surface area contributed by atoms with Crippen molar-refractivity contribution in [2.45, 2.75) is 238 Å². The molecule has 8 nitrogen and oxygen atoms in total. The Labute approximate surface area is 322 Å². The summed E-state index contributed by atoms with van der Waals surface area (Å²) in [6.45, 7) is 4.20. The molecular formula is C43H87N2O6P. The number of allylic oxidation sites excluding steroid dienone is 2. The fourth-order valence-electron chi connectivity index (χ4n) is 6.72. The minimum atomic E-state index is -4.31. The van der Waals surface area contributed by atoms with Gasteiger partial charge in [-0.15, -0.1) is 0 Å². The van der Waals surface area contributed by atoms with E-state index in [1.807, 2.05) is 0 Å². The molecule has 0 radical (unpaired) electrons. The molecule has 1 amide bonds. The Morgan fingerprint density at radius 3 is 1.44 bits per heavy atom. The van der Waals surface area contributed by atoms with Crippen LogP contribution in [0.5, 0.6) is 0 Å². The molecule has 0 aromatic heterocycles. The molecule has 52 heavy (non-hydrogen) atoms.